The molecule has 0 unspecified atom stereocenters. The first-order valence-corrected chi connectivity index (χ1v) is 8.48. The van der Waals surface area contributed by atoms with Crippen molar-refractivity contribution in [1.82, 2.24) is 4.31 Å². The van der Waals surface area contributed by atoms with E-state index in [1.54, 1.807) is 0 Å². The van der Waals surface area contributed by atoms with Gasteiger partial charge >= 0.3 is 0 Å². The minimum absolute atomic E-state index is 0. The summed E-state index contributed by atoms with van der Waals surface area (Å²) in [6.07, 6.45) is 0. The van der Waals surface area contributed by atoms with Gasteiger partial charge in [-0.1, -0.05) is 60.7 Å². The highest BCUT2D eigenvalue weighted by atomic mass is 35.5. The van der Waals surface area contributed by atoms with Crippen molar-refractivity contribution in [2.45, 2.75) is 12.3 Å². The van der Waals surface area contributed by atoms with Crippen LogP contribution in [0.2, 0.25) is 0 Å². The third-order valence-electron chi connectivity index (χ3n) is 3.17. The number of rotatable bonds is 7. The van der Waals surface area contributed by atoms with Crippen LogP contribution in [0.1, 0.15) is 11.1 Å². The average molecular weight is 341 g/mol. The first-order valence-electron chi connectivity index (χ1n) is 6.87. The van der Waals surface area contributed by atoms with Gasteiger partial charge in [0.25, 0.3) is 0 Å². The summed E-state index contributed by atoms with van der Waals surface area (Å²) in [5.41, 5.74) is 7.31. The molecule has 2 N–H and O–H groups in total. The zero-order valence-corrected chi connectivity index (χ0v) is 13.9. The lowest BCUT2D eigenvalue weighted by atomic mass is 10.2. The first kappa shape index (κ1) is 18.6. The summed E-state index contributed by atoms with van der Waals surface area (Å²) in [5.74, 6) is 0.000668. The molecule has 22 heavy (non-hydrogen) atoms. The fraction of sp³-hybridized carbons (Fsp3) is 0.250. The Kier molecular flexibility index (Phi) is 7.55. The van der Waals surface area contributed by atoms with Crippen molar-refractivity contribution in [1.29, 1.82) is 0 Å². The van der Waals surface area contributed by atoms with Gasteiger partial charge in [0.15, 0.2) is 0 Å². The maximum Gasteiger partial charge on any atom is 0.218 e. The topological polar surface area (TPSA) is 63.4 Å². The van der Waals surface area contributed by atoms with Gasteiger partial charge in [0.2, 0.25) is 10.0 Å². The number of benzene rings is 2. The number of nitrogens with zero attached hydrogens (tertiary/aromatic N) is 1. The second-order valence-corrected chi connectivity index (χ2v) is 6.82. The molecule has 0 spiro atoms. The van der Waals surface area contributed by atoms with E-state index in [1.165, 1.54) is 4.31 Å². The maximum atomic E-state index is 12.6. The summed E-state index contributed by atoms with van der Waals surface area (Å²) in [7, 11) is -3.38. The quantitative estimate of drug-likeness (QED) is 0.841. The molecular formula is C16H21ClN2O2S. The van der Waals surface area contributed by atoms with Crippen LogP contribution in [0.5, 0.6) is 0 Å². The molecule has 0 bridgehead atoms. The van der Waals surface area contributed by atoms with Crippen LogP contribution in [0.3, 0.4) is 0 Å². The number of sulfonamides is 1. The summed E-state index contributed by atoms with van der Waals surface area (Å²) in [6.45, 7) is 0.984. The van der Waals surface area contributed by atoms with E-state index in [2.05, 4.69) is 0 Å². The van der Waals surface area contributed by atoms with Crippen molar-refractivity contribution in [2.75, 3.05) is 13.1 Å². The van der Waals surface area contributed by atoms with Gasteiger partial charge in [0, 0.05) is 19.6 Å². The zero-order valence-electron chi connectivity index (χ0n) is 12.3. The monoisotopic (exact) mass is 340 g/mol. The van der Waals surface area contributed by atoms with E-state index in [1.807, 2.05) is 60.7 Å². The Bertz CT molecular complexity index is 648. The standard InChI is InChI=1S/C16H20N2O2S.ClH/c17-11-12-18(13-15-7-3-1-4-8-15)21(19,20)14-16-9-5-2-6-10-16;/h1-10H,11-14,17H2;1H. The SMILES string of the molecule is Cl.NCCN(Cc1ccccc1)S(=O)(=O)Cc1ccccc1. The molecule has 4 nitrogen and oxygen atoms in total. The third-order valence-corrected chi connectivity index (χ3v) is 4.96. The van der Waals surface area contributed by atoms with Crippen molar-refractivity contribution in [3.63, 3.8) is 0 Å². The van der Waals surface area contributed by atoms with E-state index in [0.29, 0.717) is 19.6 Å². The molecule has 2 aromatic carbocycles. The molecule has 120 valence electrons. The highest BCUT2D eigenvalue weighted by Crippen LogP contribution is 2.14. The Morgan fingerprint density at radius 2 is 1.36 bits per heavy atom. The van der Waals surface area contributed by atoms with Gasteiger partial charge in [-0.05, 0) is 11.1 Å². The van der Waals surface area contributed by atoms with Gasteiger partial charge in [-0.15, -0.1) is 12.4 Å². The van der Waals surface area contributed by atoms with Crippen molar-refractivity contribution < 1.29 is 8.42 Å². The summed E-state index contributed by atoms with van der Waals surface area (Å²) in [4.78, 5) is 0. The Balaban J connectivity index is 0.00000242. The molecule has 0 aliphatic heterocycles. The fourth-order valence-corrected chi connectivity index (χ4v) is 3.65. The molecule has 0 aromatic heterocycles. The minimum atomic E-state index is -3.38. The summed E-state index contributed by atoms with van der Waals surface area (Å²) in [5, 5.41) is 0. The van der Waals surface area contributed by atoms with Crippen LogP contribution in [0, 0.1) is 0 Å². The summed E-state index contributed by atoms with van der Waals surface area (Å²) in [6, 6.07) is 18.8. The van der Waals surface area contributed by atoms with E-state index >= 15 is 0 Å². The normalized spacial score (nSPS) is 11.2. The number of halogens is 1. The second-order valence-electron chi connectivity index (χ2n) is 4.85. The van der Waals surface area contributed by atoms with Crippen LogP contribution >= 0.6 is 12.4 Å². The first-order chi connectivity index (χ1) is 10.1. The van der Waals surface area contributed by atoms with Gasteiger partial charge in [0.1, 0.15) is 0 Å². The minimum Gasteiger partial charge on any atom is -0.329 e. The molecular weight excluding hydrogens is 320 g/mol. The highest BCUT2D eigenvalue weighted by molar-refractivity contribution is 7.88. The number of hydrogen-bond donors (Lipinski definition) is 1. The molecule has 0 saturated heterocycles. The van der Waals surface area contributed by atoms with E-state index < -0.39 is 10.0 Å². The van der Waals surface area contributed by atoms with Crippen LogP contribution in [-0.4, -0.2) is 25.8 Å². The molecule has 2 rings (SSSR count). The number of hydrogen-bond acceptors (Lipinski definition) is 3. The van der Waals surface area contributed by atoms with Crippen LogP contribution < -0.4 is 5.73 Å². The Hall–Kier alpha value is -1.40. The molecule has 0 saturated carbocycles. The molecule has 2 aromatic rings. The smallest absolute Gasteiger partial charge is 0.218 e. The Labute approximate surface area is 138 Å². The molecule has 0 fully saturated rings. The lowest BCUT2D eigenvalue weighted by molar-refractivity contribution is 0.413. The zero-order chi connectivity index (χ0) is 15.1. The van der Waals surface area contributed by atoms with Crippen molar-refractivity contribution >= 4 is 22.4 Å². The highest BCUT2D eigenvalue weighted by Gasteiger charge is 2.21. The van der Waals surface area contributed by atoms with Crippen LogP contribution in [0.25, 0.3) is 0 Å². The molecule has 0 aliphatic rings. The van der Waals surface area contributed by atoms with E-state index in [9.17, 15) is 8.42 Å². The van der Waals surface area contributed by atoms with E-state index in [-0.39, 0.29) is 18.2 Å². The van der Waals surface area contributed by atoms with Gasteiger partial charge in [-0.2, -0.15) is 4.31 Å². The Morgan fingerprint density at radius 1 is 0.864 bits per heavy atom. The fourth-order valence-electron chi connectivity index (χ4n) is 2.12. The molecule has 0 heterocycles. The molecule has 0 atom stereocenters. The lowest BCUT2D eigenvalue weighted by Gasteiger charge is -2.21. The van der Waals surface area contributed by atoms with E-state index in [0.717, 1.165) is 11.1 Å². The van der Waals surface area contributed by atoms with Crippen LogP contribution in [0.4, 0.5) is 0 Å². The predicted octanol–water partition coefficient (Wildman–Crippen LogP) is 2.40. The average Bonchev–Trinajstić information content (AvgIpc) is 2.48. The maximum absolute atomic E-state index is 12.6. The molecule has 6 heteroatoms. The van der Waals surface area contributed by atoms with Gasteiger partial charge < -0.3 is 5.73 Å². The molecule has 0 aliphatic carbocycles. The van der Waals surface area contributed by atoms with Crippen molar-refractivity contribution in [3.8, 4) is 0 Å². The van der Waals surface area contributed by atoms with Crippen LogP contribution in [-0.2, 0) is 22.3 Å². The van der Waals surface area contributed by atoms with Gasteiger partial charge in [-0.3, -0.25) is 0 Å². The van der Waals surface area contributed by atoms with E-state index in [4.69, 9.17) is 5.73 Å². The van der Waals surface area contributed by atoms with Crippen LogP contribution in [0.15, 0.2) is 60.7 Å². The molecule has 0 radical (unpaired) electrons. The van der Waals surface area contributed by atoms with Gasteiger partial charge in [0.05, 0.1) is 5.75 Å². The van der Waals surface area contributed by atoms with Crippen molar-refractivity contribution in [3.05, 3.63) is 71.8 Å². The largest absolute Gasteiger partial charge is 0.329 e. The Morgan fingerprint density at radius 3 is 1.86 bits per heavy atom. The summed E-state index contributed by atoms with van der Waals surface area (Å²) >= 11 is 0. The second kappa shape index (κ2) is 8.90. The van der Waals surface area contributed by atoms with Gasteiger partial charge in [-0.25, -0.2) is 8.42 Å². The van der Waals surface area contributed by atoms with Crippen molar-refractivity contribution in [2.24, 2.45) is 5.73 Å². The predicted molar refractivity (Wildman–Crippen MR) is 92.2 cm³/mol. The molecule has 0 amide bonds. The third kappa shape index (κ3) is 5.42. The number of nitrogens with two attached hydrogens (primary N) is 1. The summed E-state index contributed by atoms with van der Waals surface area (Å²) < 4.78 is 26.6. The lowest BCUT2D eigenvalue weighted by Crippen LogP contribution is -2.35.